The van der Waals surface area contributed by atoms with Crippen LogP contribution >= 0.6 is 23.1 Å². The number of amides is 1. The van der Waals surface area contributed by atoms with Crippen LogP contribution < -0.4 is 5.32 Å². The molecule has 5 nitrogen and oxygen atoms in total. The zero-order chi connectivity index (χ0) is 16.2. The van der Waals surface area contributed by atoms with Crippen molar-refractivity contribution in [3.63, 3.8) is 0 Å². The van der Waals surface area contributed by atoms with E-state index < -0.39 is 0 Å². The van der Waals surface area contributed by atoms with Crippen LogP contribution in [0.4, 0.5) is 5.13 Å². The lowest BCUT2D eigenvalue weighted by atomic mass is 10.2. The molecular formula is C16H14N4OS2. The number of nitrogens with one attached hydrogen (secondary N) is 1. The van der Waals surface area contributed by atoms with Crippen LogP contribution in [-0.2, 0) is 0 Å². The summed E-state index contributed by atoms with van der Waals surface area (Å²) in [5, 5.41) is 11.4. The summed E-state index contributed by atoms with van der Waals surface area (Å²) < 4.78 is 0. The van der Waals surface area contributed by atoms with E-state index in [0.717, 1.165) is 10.5 Å². The Kier molecular flexibility index (Phi) is 4.68. The molecule has 0 aliphatic rings. The summed E-state index contributed by atoms with van der Waals surface area (Å²) in [4.78, 5) is 17.9. The van der Waals surface area contributed by atoms with Crippen molar-refractivity contribution in [1.82, 2.24) is 15.2 Å². The second-order valence-electron chi connectivity index (χ2n) is 4.93. The average Bonchev–Trinajstić information content (AvgIpc) is 3.04. The summed E-state index contributed by atoms with van der Waals surface area (Å²) in [5.74, 6) is -0.234. The molecule has 1 amide bonds. The van der Waals surface area contributed by atoms with Crippen molar-refractivity contribution in [2.75, 3.05) is 5.32 Å². The Balaban J connectivity index is 1.88. The highest BCUT2D eigenvalue weighted by atomic mass is 32.2. The number of hydrogen-bond acceptors (Lipinski definition) is 6. The maximum absolute atomic E-state index is 12.4. The summed E-state index contributed by atoms with van der Waals surface area (Å²) in [6.45, 7) is 4.09. The van der Waals surface area contributed by atoms with Crippen LogP contribution in [0.15, 0.2) is 52.0 Å². The van der Waals surface area contributed by atoms with Gasteiger partial charge in [-0.3, -0.25) is 10.1 Å². The molecule has 2 aromatic heterocycles. The molecule has 7 heteroatoms. The third-order valence-electron chi connectivity index (χ3n) is 3.15. The van der Waals surface area contributed by atoms with Gasteiger partial charge in [-0.15, -0.1) is 10.2 Å². The van der Waals surface area contributed by atoms with Crippen LogP contribution in [0.1, 0.15) is 21.5 Å². The van der Waals surface area contributed by atoms with Crippen molar-refractivity contribution >= 4 is 34.1 Å². The van der Waals surface area contributed by atoms with Gasteiger partial charge in [0.2, 0.25) is 5.13 Å². The molecule has 2 heterocycles. The van der Waals surface area contributed by atoms with E-state index in [9.17, 15) is 4.79 Å². The van der Waals surface area contributed by atoms with E-state index in [2.05, 4.69) is 38.7 Å². The molecule has 0 radical (unpaired) electrons. The Bertz CT molecular complexity index is 834. The summed E-state index contributed by atoms with van der Waals surface area (Å²) in [5.41, 5.74) is 4.43. The minimum absolute atomic E-state index is 0.234. The minimum atomic E-state index is -0.234. The third-order valence-corrected chi connectivity index (χ3v) is 4.93. The number of nitrogens with zero attached hydrogens (tertiary/aromatic N) is 3. The molecule has 0 fully saturated rings. The van der Waals surface area contributed by atoms with Gasteiger partial charge >= 0.3 is 0 Å². The van der Waals surface area contributed by atoms with Crippen LogP contribution in [0.3, 0.4) is 0 Å². The van der Waals surface area contributed by atoms with E-state index in [1.54, 1.807) is 23.8 Å². The first kappa shape index (κ1) is 15.6. The van der Waals surface area contributed by atoms with Gasteiger partial charge in [-0.1, -0.05) is 35.2 Å². The van der Waals surface area contributed by atoms with Gasteiger partial charge in [-0.25, -0.2) is 4.98 Å². The Morgan fingerprint density at radius 1 is 1.26 bits per heavy atom. The van der Waals surface area contributed by atoms with Crippen molar-refractivity contribution in [2.24, 2.45) is 0 Å². The SMILES string of the molecule is Cc1ccc(C)c(Sc2ncccc2C(=O)Nc2nncs2)c1. The van der Waals surface area contributed by atoms with E-state index in [4.69, 9.17) is 0 Å². The Labute approximate surface area is 142 Å². The number of pyridine rings is 1. The third kappa shape index (κ3) is 3.75. The monoisotopic (exact) mass is 342 g/mol. The normalized spacial score (nSPS) is 10.5. The number of aromatic nitrogens is 3. The molecule has 0 aliphatic carbocycles. The first-order valence-electron chi connectivity index (χ1n) is 6.91. The summed E-state index contributed by atoms with van der Waals surface area (Å²) in [6.07, 6.45) is 1.69. The van der Waals surface area contributed by atoms with Gasteiger partial charge in [0.1, 0.15) is 10.5 Å². The fraction of sp³-hybridized carbons (Fsp3) is 0.125. The van der Waals surface area contributed by atoms with Crippen LogP contribution in [0.5, 0.6) is 0 Å². The molecule has 0 spiro atoms. The van der Waals surface area contributed by atoms with E-state index in [0.29, 0.717) is 15.7 Å². The topological polar surface area (TPSA) is 67.8 Å². The maximum Gasteiger partial charge on any atom is 0.260 e. The van der Waals surface area contributed by atoms with Crippen molar-refractivity contribution < 1.29 is 4.79 Å². The lowest BCUT2D eigenvalue weighted by Crippen LogP contribution is -2.13. The molecule has 3 aromatic rings. The largest absolute Gasteiger partial charge is 0.296 e. The highest BCUT2D eigenvalue weighted by molar-refractivity contribution is 7.99. The average molecular weight is 342 g/mol. The fourth-order valence-electron chi connectivity index (χ4n) is 1.96. The van der Waals surface area contributed by atoms with Crippen LogP contribution in [0.25, 0.3) is 0 Å². The van der Waals surface area contributed by atoms with Gasteiger partial charge in [-0.2, -0.15) is 0 Å². The van der Waals surface area contributed by atoms with Gasteiger partial charge in [0.15, 0.2) is 0 Å². The standard InChI is InChI=1S/C16H14N4OS2/c1-10-5-6-11(2)13(8-10)23-15-12(4-3-7-17-15)14(21)19-16-20-18-9-22-16/h3-9H,1-2H3,(H,19,20,21). The molecule has 23 heavy (non-hydrogen) atoms. The molecule has 0 aliphatic heterocycles. The fourth-order valence-corrected chi connectivity index (χ4v) is 3.46. The predicted octanol–water partition coefficient (Wildman–Crippen LogP) is 3.95. The van der Waals surface area contributed by atoms with E-state index >= 15 is 0 Å². The second-order valence-corrected chi connectivity index (χ2v) is 6.79. The maximum atomic E-state index is 12.4. The number of hydrogen-bond donors (Lipinski definition) is 1. The molecule has 0 unspecified atom stereocenters. The number of aryl methyl sites for hydroxylation is 2. The zero-order valence-electron chi connectivity index (χ0n) is 12.6. The Morgan fingerprint density at radius 3 is 2.91 bits per heavy atom. The molecule has 1 N–H and O–H groups in total. The van der Waals surface area contributed by atoms with Crippen molar-refractivity contribution in [3.05, 3.63) is 58.7 Å². The van der Waals surface area contributed by atoms with E-state index in [1.807, 2.05) is 13.8 Å². The summed E-state index contributed by atoms with van der Waals surface area (Å²) >= 11 is 2.77. The van der Waals surface area contributed by atoms with Crippen molar-refractivity contribution in [1.29, 1.82) is 0 Å². The van der Waals surface area contributed by atoms with Crippen molar-refractivity contribution in [2.45, 2.75) is 23.8 Å². The number of anilines is 1. The predicted molar refractivity (Wildman–Crippen MR) is 92.1 cm³/mol. The van der Waals surface area contributed by atoms with Crippen LogP contribution in [0.2, 0.25) is 0 Å². The number of carbonyl (C=O) groups excluding carboxylic acids is 1. The zero-order valence-corrected chi connectivity index (χ0v) is 14.2. The first-order chi connectivity index (χ1) is 11.1. The number of carbonyl (C=O) groups is 1. The Morgan fingerprint density at radius 2 is 2.13 bits per heavy atom. The second kappa shape index (κ2) is 6.89. The van der Waals surface area contributed by atoms with Gasteiger partial charge in [0.05, 0.1) is 5.56 Å². The van der Waals surface area contributed by atoms with Crippen molar-refractivity contribution in [3.8, 4) is 0 Å². The van der Waals surface area contributed by atoms with Gasteiger partial charge in [0, 0.05) is 11.1 Å². The molecule has 3 rings (SSSR count). The molecule has 0 atom stereocenters. The highest BCUT2D eigenvalue weighted by Gasteiger charge is 2.15. The van der Waals surface area contributed by atoms with Crippen LogP contribution in [0, 0.1) is 13.8 Å². The van der Waals surface area contributed by atoms with E-state index in [-0.39, 0.29) is 5.91 Å². The lowest BCUT2D eigenvalue weighted by molar-refractivity contribution is 0.102. The molecule has 0 bridgehead atoms. The van der Waals surface area contributed by atoms with Gasteiger partial charge < -0.3 is 0 Å². The minimum Gasteiger partial charge on any atom is -0.296 e. The quantitative estimate of drug-likeness (QED) is 0.777. The number of benzene rings is 1. The molecular weight excluding hydrogens is 328 g/mol. The first-order valence-corrected chi connectivity index (χ1v) is 8.61. The molecule has 116 valence electrons. The molecule has 1 aromatic carbocycles. The molecule has 0 saturated carbocycles. The smallest absolute Gasteiger partial charge is 0.260 e. The summed E-state index contributed by atoms with van der Waals surface area (Å²) in [6, 6.07) is 9.75. The lowest BCUT2D eigenvalue weighted by Gasteiger charge is -2.09. The van der Waals surface area contributed by atoms with Gasteiger partial charge in [-0.05, 0) is 43.2 Å². The molecule has 0 saturated heterocycles. The van der Waals surface area contributed by atoms with Gasteiger partial charge in [0.25, 0.3) is 5.91 Å². The highest BCUT2D eigenvalue weighted by Crippen LogP contribution is 2.32. The van der Waals surface area contributed by atoms with E-state index in [1.165, 1.54) is 28.7 Å². The van der Waals surface area contributed by atoms with Crippen LogP contribution in [-0.4, -0.2) is 21.1 Å². The number of rotatable bonds is 4. The summed E-state index contributed by atoms with van der Waals surface area (Å²) in [7, 11) is 0. The Hall–Kier alpha value is -2.25.